The third-order valence-corrected chi connectivity index (χ3v) is 14.0. The fourth-order valence-corrected chi connectivity index (χ4v) is 11.0. The lowest BCUT2D eigenvalue weighted by Gasteiger charge is -2.29. The first-order chi connectivity index (χ1) is 33.0. The molecule has 0 unspecified atom stereocenters. The van der Waals surface area contributed by atoms with E-state index in [2.05, 4.69) is 275 Å². The van der Waals surface area contributed by atoms with Crippen molar-refractivity contribution in [3.63, 3.8) is 0 Å². The Morgan fingerprint density at radius 2 is 0.597 bits per heavy atom. The Balaban J connectivity index is 0.913. The molecular formula is C63H46N4. The average Bonchev–Trinajstić information content (AvgIpc) is 3.98. The highest BCUT2D eigenvalue weighted by Crippen LogP contribution is 2.53. The van der Waals surface area contributed by atoms with Gasteiger partial charge >= 0.3 is 0 Å². The minimum absolute atomic E-state index is 0.281. The second-order valence-corrected chi connectivity index (χ2v) is 18.2. The summed E-state index contributed by atoms with van der Waals surface area (Å²) >= 11 is 0. The topological polar surface area (TPSA) is 16.3 Å². The summed E-state index contributed by atoms with van der Waals surface area (Å²) in [6, 6.07) is 88.5. The van der Waals surface area contributed by atoms with E-state index in [9.17, 15) is 0 Å². The number of fused-ring (bicyclic) bond motifs is 9. The van der Waals surface area contributed by atoms with Gasteiger partial charge in [0.25, 0.3) is 0 Å². The van der Waals surface area contributed by atoms with Crippen LogP contribution in [-0.2, 0) is 5.41 Å². The molecule has 1 aliphatic carbocycles. The molecule has 0 fully saturated rings. The van der Waals surface area contributed by atoms with Crippen molar-refractivity contribution in [3.05, 3.63) is 254 Å². The monoisotopic (exact) mass is 858 g/mol. The summed E-state index contributed by atoms with van der Waals surface area (Å²) in [6.07, 6.45) is 0. The predicted octanol–water partition coefficient (Wildman–Crippen LogP) is 17.1. The van der Waals surface area contributed by atoms with Crippen LogP contribution in [0.3, 0.4) is 0 Å². The van der Waals surface area contributed by atoms with Gasteiger partial charge in [-0.25, -0.2) is 0 Å². The lowest BCUT2D eigenvalue weighted by atomic mass is 9.82. The first-order valence-electron chi connectivity index (χ1n) is 23.2. The number of hydrogen-bond acceptors (Lipinski definition) is 2. The van der Waals surface area contributed by atoms with Crippen LogP contribution in [0.5, 0.6) is 0 Å². The molecule has 0 bridgehead atoms. The molecule has 0 atom stereocenters. The van der Waals surface area contributed by atoms with E-state index < -0.39 is 0 Å². The van der Waals surface area contributed by atoms with Crippen LogP contribution in [0.1, 0.15) is 25.0 Å². The largest absolute Gasteiger partial charge is 0.310 e. The molecule has 4 heteroatoms. The molecule has 0 radical (unpaired) electrons. The van der Waals surface area contributed by atoms with Crippen LogP contribution in [0.15, 0.2) is 243 Å². The van der Waals surface area contributed by atoms with Crippen molar-refractivity contribution in [1.82, 2.24) is 9.13 Å². The van der Waals surface area contributed by atoms with Gasteiger partial charge in [-0.1, -0.05) is 147 Å². The van der Waals surface area contributed by atoms with Crippen LogP contribution < -0.4 is 9.80 Å². The Labute approximate surface area is 390 Å². The van der Waals surface area contributed by atoms with E-state index in [0.29, 0.717) is 0 Å². The van der Waals surface area contributed by atoms with Crippen LogP contribution in [-0.4, -0.2) is 9.13 Å². The zero-order valence-corrected chi connectivity index (χ0v) is 37.4. The Morgan fingerprint density at radius 3 is 0.970 bits per heavy atom. The molecule has 0 N–H and O–H groups in total. The highest BCUT2D eigenvalue weighted by Gasteiger charge is 2.37. The van der Waals surface area contributed by atoms with Gasteiger partial charge in [0.15, 0.2) is 0 Å². The molecule has 2 aromatic heterocycles. The van der Waals surface area contributed by atoms with E-state index in [4.69, 9.17) is 0 Å². The van der Waals surface area contributed by atoms with E-state index in [1.807, 2.05) is 0 Å². The van der Waals surface area contributed by atoms with Crippen LogP contribution in [0.2, 0.25) is 0 Å². The van der Waals surface area contributed by atoms with Crippen LogP contribution >= 0.6 is 0 Å². The Hall–Kier alpha value is -8.60. The van der Waals surface area contributed by atoms with Crippen molar-refractivity contribution in [2.24, 2.45) is 0 Å². The minimum Gasteiger partial charge on any atom is -0.310 e. The zero-order valence-electron chi connectivity index (χ0n) is 37.4. The summed E-state index contributed by atoms with van der Waals surface area (Å²) in [4.78, 5) is 4.81. The summed E-state index contributed by atoms with van der Waals surface area (Å²) in [5.74, 6) is 0. The molecule has 318 valence electrons. The molecule has 67 heavy (non-hydrogen) atoms. The normalized spacial score (nSPS) is 12.7. The number of hydrogen-bond donors (Lipinski definition) is 0. The number of rotatable bonds is 8. The molecule has 1 aliphatic rings. The number of anilines is 6. The van der Waals surface area contributed by atoms with Gasteiger partial charge in [0.2, 0.25) is 0 Å². The van der Waals surface area contributed by atoms with E-state index in [1.165, 1.54) is 65.9 Å². The summed E-state index contributed by atoms with van der Waals surface area (Å²) in [5.41, 5.74) is 18.6. The van der Waals surface area contributed by atoms with E-state index in [0.717, 1.165) is 45.5 Å². The fraction of sp³-hybridized carbons (Fsp3) is 0.0476. The molecule has 12 aromatic rings. The summed E-state index contributed by atoms with van der Waals surface area (Å²) in [7, 11) is 0. The van der Waals surface area contributed by atoms with Gasteiger partial charge in [0, 0.05) is 72.5 Å². The summed E-state index contributed by atoms with van der Waals surface area (Å²) in [6.45, 7) is 4.77. The Bertz CT molecular complexity index is 3500. The number of benzene rings is 10. The van der Waals surface area contributed by atoms with Gasteiger partial charge in [-0.3, -0.25) is 0 Å². The second-order valence-electron chi connectivity index (χ2n) is 18.2. The van der Waals surface area contributed by atoms with E-state index in [1.54, 1.807) is 0 Å². The number of aromatic nitrogens is 2. The molecule has 0 aliphatic heterocycles. The standard InChI is InChI=1S/C63H46N4/c1-63(2)57-41-49(64(43-19-5-3-6-20-43)45-23-17-25-47(39-45)66-59-31-13-9-27-53(59)54-28-10-14-32-60(54)66)35-37-51(57)52-38-36-50(42-58(52)63)65(44-21-7-4-8-22-44)46-24-18-26-48(40-46)67-61-33-15-11-29-55(61)56-30-12-16-34-62(56)67/h3-42H,1-2H3. The molecule has 0 saturated heterocycles. The van der Waals surface area contributed by atoms with Crippen molar-refractivity contribution in [2.75, 3.05) is 9.80 Å². The smallest absolute Gasteiger partial charge is 0.0541 e. The molecular weight excluding hydrogens is 813 g/mol. The van der Waals surface area contributed by atoms with Crippen molar-refractivity contribution >= 4 is 77.7 Å². The van der Waals surface area contributed by atoms with Crippen molar-refractivity contribution in [2.45, 2.75) is 19.3 Å². The molecule has 4 nitrogen and oxygen atoms in total. The van der Waals surface area contributed by atoms with Gasteiger partial charge in [-0.15, -0.1) is 0 Å². The summed E-state index contributed by atoms with van der Waals surface area (Å²) in [5, 5.41) is 5.03. The van der Waals surface area contributed by atoms with Gasteiger partial charge < -0.3 is 18.9 Å². The minimum atomic E-state index is -0.281. The maximum atomic E-state index is 2.43. The van der Waals surface area contributed by atoms with Crippen LogP contribution in [0.25, 0.3) is 66.1 Å². The third kappa shape index (κ3) is 6.14. The molecule has 0 saturated carbocycles. The maximum Gasteiger partial charge on any atom is 0.0541 e. The van der Waals surface area contributed by atoms with E-state index in [-0.39, 0.29) is 5.41 Å². The lowest BCUT2D eigenvalue weighted by molar-refractivity contribution is 0.660. The Kier molecular flexibility index (Phi) is 8.84. The number of para-hydroxylation sites is 6. The second kappa shape index (κ2) is 15.3. The third-order valence-electron chi connectivity index (χ3n) is 14.0. The van der Waals surface area contributed by atoms with Crippen molar-refractivity contribution in [1.29, 1.82) is 0 Å². The number of nitrogens with zero attached hydrogens (tertiary/aromatic N) is 4. The highest BCUT2D eigenvalue weighted by atomic mass is 15.2. The average molecular weight is 859 g/mol. The van der Waals surface area contributed by atoms with Gasteiger partial charge in [0.1, 0.15) is 0 Å². The molecule has 10 aromatic carbocycles. The van der Waals surface area contributed by atoms with Crippen LogP contribution in [0, 0.1) is 0 Å². The first-order valence-corrected chi connectivity index (χ1v) is 23.2. The SMILES string of the molecule is CC1(C)c2cc(N(c3ccccc3)c3cccc(-n4c5ccccc5c5ccccc54)c3)ccc2-c2ccc(N(c3ccccc3)c3cccc(-n4c5ccccc5c5ccccc54)c3)cc21. The molecule has 13 rings (SSSR count). The van der Waals surface area contributed by atoms with Gasteiger partial charge in [-0.2, -0.15) is 0 Å². The van der Waals surface area contributed by atoms with Crippen molar-refractivity contribution < 1.29 is 0 Å². The van der Waals surface area contributed by atoms with Crippen LogP contribution in [0.4, 0.5) is 34.1 Å². The predicted molar refractivity (Wildman–Crippen MR) is 282 cm³/mol. The van der Waals surface area contributed by atoms with E-state index >= 15 is 0 Å². The lowest BCUT2D eigenvalue weighted by Crippen LogP contribution is -2.17. The van der Waals surface area contributed by atoms with Gasteiger partial charge in [0.05, 0.1) is 22.1 Å². The highest BCUT2D eigenvalue weighted by molar-refractivity contribution is 6.10. The first kappa shape index (κ1) is 38.8. The summed E-state index contributed by atoms with van der Waals surface area (Å²) < 4.78 is 4.80. The van der Waals surface area contributed by atoms with Crippen molar-refractivity contribution in [3.8, 4) is 22.5 Å². The Morgan fingerprint density at radius 1 is 0.284 bits per heavy atom. The fourth-order valence-electron chi connectivity index (χ4n) is 11.0. The molecule has 0 spiro atoms. The quantitative estimate of drug-likeness (QED) is 0.151. The molecule has 0 amide bonds. The molecule has 2 heterocycles. The van der Waals surface area contributed by atoms with Gasteiger partial charge in [-0.05, 0) is 131 Å². The zero-order chi connectivity index (χ0) is 44.6. The maximum absolute atomic E-state index is 2.43.